The standard InChI is InChI=1S/C26H28F2/c1-15-7-9-21(18(4)17(15)3)13-22-11-12-23(20(6)19(22)5)14-24-10-8-16(2)25(27)26(24)28/h7-12H,13-14H2,1-6H3. The largest absolute Gasteiger partial charge is 0.203 e. The van der Waals surface area contributed by atoms with Crippen molar-refractivity contribution in [3.05, 3.63) is 104 Å². The molecule has 146 valence electrons. The first-order chi connectivity index (χ1) is 13.2. The van der Waals surface area contributed by atoms with E-state index in [1.807, 2.05) is 0 Å². The molecule has 3 aromatic rings. The summed E-state index contributed by atoms with van der Waals surface area (Å²) in [6.07, 6.45) is 1.28. The smallest absolute Gasteiger partial charge is 0.162 e. The lowest BCUT2D eigenvalue weighted by Gasteiger charge is -2.16. The number of benzene rings is 3. The van der Waals surface area contributed by atoms with E-state index in [1.165, 1.54) is 33.4 Å². The van der Waals surface area contributed by atoms with Crippen LogP contribution in [-0.4, -0.2) is 0 Å². The second kappa shape index (κ2) is 7.87. The summed E-state index contributed by atoms with van der Waals surface area (Å²) in [5.41, 5.74) is 10.8. The van der Waals surface area contributed by atoms with Gasteiger partial charge in [-0.2, -0.15) is 0 Å². The Bertz CT molecular complexity index is 961. The maximum absolute atomic E-state index is 14.3. The summed E-state index contributed by atoms with van der Waals surface area (Å²) < 4.78 is 28.2. The van der Waals surface area contributed by atoms with Crippen molar-refractivity contribution < 1.29 is 8.78 Å². The highest BCUT2D eigenvalue weighted by Crippen LogP contribution is 2.26. The summed E-state index contributed by atoms with van der Waals surface area (Å²) in [6.45, 7) is 12.3. The van der Waals surface area contributed by atoms with Crippen molar-refractivity contribution in [3.8, 4) is 0 Å². The summed E-state index contributed by atoms with van der Waals surface area (Å²) in [4.78, 5) is 0. The molecule has 0 aliphatic heterocycles. The second-order valence-electron chi connectivity index (χ2n) is 7.95. The molecule has 0 aromatic heterocycles. The second-order valence-corrected chi connectivity index (χ2v) is 7.95. The summed E-state index contributed by atoms with van der Waals surface area (Å²) in [5.74, 6) is -1.47. The molecular formula is C26H28F2. The maximum atomic E-state index is 14.3. The fourth-order valence-corrected chi connectivity index (χ4v) is 3.75. The molecule has 2 heteroatoms. The molecule has 0 unspecified atom stereocenters. The molecule has 0 nitrogen and oxygen atoms in total. The van der Waals surface area contributed by atoms with E-state index < -0.39 is 11.6 Å². The fourth-order valence-electron chi connectivity index (χ4n) is 3.75. The highest BCUT2D eigenvalue weighted by molar-refractivity contribution is 5.46. The Hall–Kier alpha value is -2.48. The molecule has 0 heterocycles. The zero-order valence-corrected chi connectivity index (χ0v) is 17.6. The van der Waals surface area contributed by atoms with Gasteiger partial charge in [0, 0.05) is 6.42 Å². The van der Waals surface area contributed by atoms with Crippen molar-refractivity contribution in [2.24, 2.45) is 0 Å². The van der Waals surface area contributed by atoms with Crippen molar-refractivity contribution in [2.75, 3.05) is 0 Å². The van der Waals surface area contributed by atoms with Crippen LogP contribution in [0.3, 0.4) is 0 Å². The molecule has 0 spiro atoms. The number of aryl methyl sites for hydroxylation is 2. The molecule has 0 aliphatic rings. The van der Waals surface area contributed by atoms with E-state index in [0.717, 1.165) is 17.5 Å². The van der Waals surface area contributed by atoms with Gasteiger partial charge < -0.3 is 0 Å². The first kappa shape index (κ1) is 20.3. The quantitative estimate of drug-likeness (QED) is 0.459. The molecule has 0 fully saturated rings. The van der Waals surface area contributed by atoms with E-state index in [9.17, 15) is 8.78 Å². The van der Waals surface area contributed by atoms with E-state index in [1.54, 1.807) is 19.1 Å². The predicted octanol–water partition coefficient (Wildman–Crippen LogP) is 7.00. The van der Waals surface area contributed by atoms with Crippen LogP contribution in [0.4, 0.5) is 8.78 Å². The third-order valence-electron chi connectivity index (χ3n) is 6.30. The van der Waals surface area contributed by atoms with Crippen LogP contribution in [0.25, 0.3) is 0 Å². The predicted molar refractivity (Wildman–Crippen MR) is 113 cm³/mol. The SMILES string of the molecule is Cc1ccc(Cc2ccc(Cc3ccc(C)c(F)c3F)c(C)c2C)c(C)c1C. The van der Waals surface area contributed by atoms with Gasteiger partial charge in [-0.25, -0.2) is 8.78 Å². The third kappa shape index (κ3) is 3.73. The van der Waals surface area contributed by atoms with Crippen LogP contribution >= 0.6 is 0 Å². The summed E-state index contributed by atoms with van der Waals surface area (Å²) >= 11 is 0. The first-order valence-electron chi connectivity index (χ1n) is 9.77. The van der Waals surface area contributed by atoms with Crippen LogP contribution < -0.4 is 0 Å². The van der Waals surface area contributed by atoms with E-state index in [0.29, 0.717) is 17.5 Å². The maximum Gasteiger partial charge on any atom is 0.162 e. The Balaban J connectivity index is 1.92. The van der Waals surface area contributed by atoms with Gasteiger partial charge in [0.05, 0.1) is 0 Å². The minimum absolute atomic E-state index is 0.341. The lowest BCUT2D eigenvalue weighted by atomic mass is 9.89. The summed E-state index contributed by atoms with van der Waals surface area (Å²) in [6, 6.07) is 11.9. The Morgan fingerprint density at radius 2 is 0.857 bits per heavy atom. The van der Waals surface area contributed by atoms with Crippen LogP contribution in [0.1, 0.15) is 55.6 Å². The van der Waals surface area contributed by atoms with Crippen molar-refractivity contribution in [2.45, 2.75) is 54.4 Å². The van der Waals surface area contributed by atoms with Crippen LogP contribution in [0, 0.1) is 53.2 Å². The van der Waals surface area contributed by atoms with E-state index >= 15 is 0 Å². The molecule has 3 aromatic carbocycles. The van der Waals surface area contributed by atoms with Crippen molar-refractivity contribution in [3.63, 3.8) is 0 Å². The van der Waals surface area contributed by atoms with E-state index in [-0.39, 0.29) is 0 Å². The molecular weight excluding hydrogens is 350 g/mol. The Labute approximate surface area is 167 Å². The Morgan fingerprint density at radius 3 is 1.43 bits per heavy atom. The van der Waals surface area contributed by atoms with Gasteiger partial charge in [-0.3, -0.25) is 0 Å². The van der Waals surface area contributed by atoms with Gasteiger partial charge in [-0.1, -0.05) is 36.4 Å². The molecule has 0 saturated carbocycles. The van der Waals surface area contributed by atoms with Crippen LogP contribution in [0.5, 0.6) is 0 Å². The monoisotopic (exact) mass is 378 g/mol. The highest BCUT2D eigenvalue weighted by Gasteiger charge is 2.14. The molecule has 28 heavy (non-hydrogen) atoms. The van der Waals surface area contributed by atoms with Crippen molar-refractivity contribution in [1.29, 1.82) is 0 Å². The topological polar surface area (TPSA) is 0 Å². The van der Waals surface area contributed by atoms with E-state index in [4.69, 9.17) is 0 Å². The minimum Gasteiger partial charge on any atom is -0.203 e. The molecule has 0 bridgehead atoms. The molecule has 0 saturated heterocycles. The van der Waals surface area contributed by atoms with Gasteiger partial charge in [0.2, 0.25) is 0 Å². The molecule has 3 rings (SSSR count). The van der Waals surface area contributed by atoms with Gasteiger partial charge in [0.15, 0.2) is 11.6 Å². The van der Waals surface area contributed by atoms with Crippen molar-refractivity contribution >= 4 is 0 Å². The van der Waals surface area contributed by atoms with Gasteiger partial charge in [0.25, 0.3) is 0 Å². The molecule has 0 atom stereocenters. The lowest BCUT2D eigenvalue weighted by molar-refractivity contribution is 0.495. The number of halogens is 2. The van der Waals surface area contributed by atoms with Crippen LogP contribution in [-0.2, 0) is 12.8 Å². The number of hydrogen-bond acceptors (Lipinski definition) is 0. The Kier molecular flexibility index (Phi) is 5.69. The normalized spacial score (nSPS) is 11.1. The van der Waals surface area contributed by atoms with Gasteiger partial charge in [-0.15, -0.1) is 0 Å². The first-order valence-corrected chi connectivity index (χ1v) is 9.77. The lowest BCUT2D eigenvalue weighted by Crippen LogP contribution is -2.03. The fraction of sp³-hybridized carbons (Fsp3) is 0.308. The van der Waals surface area contributed by atoms with Gasteiger partial charge in [0.1, 0.15) is 0 Å². The zero-order chi connectivity index (χ0) is 20.6. The van der Waals surface area contributed by atoms with Gasteiger partial charge in [-0.05, 0) is 104 Å². The summed E-state index contributed by atoms with van der Waals surface area (Å²) in [5, 5.41) is 0. The minimum atomic E-state index is -0.742. The average molecular weight is 379 g/mol. The number of hydrogen-bond donors (Lipinski definition) is 0. The van der Waals surface area contributed by atoms with Crippen LogP contribution in [0.2, 0.25) is 0 Å². The van der Waals surface area contributed by atoms with E-state index in [2.05, 4.69) is 58.9 Å². The Morgan fingerprint density at radius 1 is 0.464 bits per heavy atom. The zero-order valence-electron chi connectivity index (χ0n) is 17.6. The molecule has 0 amide bonds. The average Bonchev–Trinajstić information content (AvgIpc) is 2.68. The highest BCUT2D eigenvalue weighted by atomic mass is 19.2. The molecule has 0 aliphatic carbocycles. The van der Waals surface area contributed by atoms with Gasteiger partial charge >= 0.3 is 0 Å². The summed E-state index contributed by atoms with van der Waals surface area (Å²) in [7, 11) is 0. The third-order valence-corrected chi connectivity index (χ3v) is 6.30. The van der Waals surface area contributed by atoms with Crippen LogP contribution in [0.15, 0.2) is 36.4 Å². The number of rotatable bonds is 4. The molecule has 0 radical (unpaired) electrons. The van der Waals surface area contributed by atoms with Crippen molar-refractivity contribution in [1.82, 2.24) is 0 Å². The molecule has 0 N–H and O–H groups in total.